The summed E-state index contributed by atoms with van der Waals surface area (Å²) in [5.41, 5.74) is 4.63. The number of fused-ring (bicyclic) bond motifs is 1. The van der Waals surface area contributed by atoms with Crippen molar-refractivity contribution in [2.45, 2.75) is 26.8 Å². The van der Waals surface area contributed by atoms with Crippen LogP contribution >= 0.6 is 23.2 Å². The van der Waals surface area contributed by atoms with Gasteiger partial charge in [-0.1, -0.05) is 41.4 Å². The molecule has 0 spiro atoms. The molecule has 3 nitrogen and oxygen atoms in total. The molecule has 1 aliphatic rings. The standard InChI is InChI=1S/C24H20Cl2NO2/c1-15-5-3-6-19(11-15)29-23-8-4-7-20(16(23)2)24(28)27-10-9-17-12-21(25)22(26)13-18(17)14-27/h3-8,12-13H,9-10,14H2,1-2H3. The Balaban J connectivity index is 1.58. The van der Waals surface area contributed by atoms with Crippen molar-refractivity contribution in [3.8, 4) is 11.5 Å². The predicted molar refractivity (Wildman–Crippen MR) is 116 cm³/mol. The molecule has 0 saturated heterocycles. The fourth-order valence-electron chi connectivity index (χ4n) is 3.59. The van der Waals surface area contributed by atoms with E-state index in [0.29, 0.717) is 40.2 Å². The summed E-state index contributed by atoms with van der Waals surface area (Å²) in [6, 6.07) is 18.2. The number of hydrogen-bond acceptors (Lipinski definition) is 2. The number of amides is 1. The maximum Gasteiger partial charge on any atom is 0.254 e. The summed E-state index contributed by atoms with van der Waals surface area (Å²) in [6.07, 6.45) is 0.755. The van der Waals surface area contributed by atoms with Crippen LogP contribution < -0.4 is 4.74 Å². The van der Waals surface area contributed by atoms with Crippen LogP contribution in [0.5, 0.6) is 11.5 Å². The molecule has 0 saturated carbocycles. The molecule has 0 unspecified atom stereocenters. The highest BCUT2D eigenvalue weighted by Crippen LogP contribution is 2.32. The summed E-state index contributed by atoms with van der Waals surface area (Å²) in [5.74, 6) is 1.28. The number of aryl methyl sites for hydroxylation is 1. The van der Waals surface area contributed by atoms with Crippen molar-refractivity contribution in [3.05, 3.63) is 92.5 Å². The van der Waals surface area contributed by atoms with Gasteiger partial charge in [0.1, 0.15) is 11.5 Å². The number of rotatable bonds is 3. The lowest BCUT2D eigenvalue weighted by Crippen LogP contribution is -2.36. The third kappa shape index (κ3) is 4.12. The van der Waals surface area contributed by atoms with Gasteiger partial charge in [-0.15, -0.1) is 0 Å². The Morgan fingerprint density at radius 3 is 2.52 bits per heavy atom. The van der Waals surface area contributed by atoms with E-state index in [1.54, 1.807) is 0 Å². The Labute approximate surface area is 180 Å². The highest BCUT2D eigenvalue weighted by molar-refractivity contribution is 6.42. The Morgan fingerprint density at radius 2 is 1.76 bits per heavy atom. The van der Waals surface area contributed by atoms with E-state index in [0.717, 1.165) is 28.7 Å². The molecule has 1 aliphatic heterocycles. The second kappa shape index (κ2) is 8.10. The Kier molecular flexibility index (Phi) is 5.53. The number of nitrogens with zero attached hydrogens (tertiary/aromatic N) is 1. The van der Waals surface area contributed by atoms with E-state index in [2.05, 4.69) is 6.07 Å². The molecule has 0 N–H and O–H groups in total. The molecule has 147 valence electrons. The van der Waals surface area contributed by atoms with E-state index in [9.17, 15) is 4.79 Å². The minimum atomic E-state index is -0.0158. The molecule has 0 fully saturated rings. The number of carbonyl (C=O) groups excluding carboxylic acids is 1. The Morgan fingerprint density at radius 1 is 1.03 bits per heavy atom. The lowest BCUT2D eigenvalue weighted by atomic mass is 9.98. The van der Waals surface area contributed by atoms with Crippen LogP contribution in [0.2, 0.25) is 10.0 Å². The smallest absolute Gasteiger partial charge is 0.254 e. The zero-order chi connectivity index (χ0) is 20.5. The third-order valence-corrected chi connectivity index (χ3v) is 5.91. The summed E-state index contributed by atoms with van der Waals surface area (Å²) in [6.45, 7) is 5.03. The zero-order valence-electron chi connectivity index (χ0n) is 16.3. The number of ether oxygens (including phenoxy) is 1. The van der Waals surface area contributed by atoms with Gasteiger partial charge in [-0.3, -0.25) is 4.79 Å². The van der Waals surface area contributed by atoms with Gasteiger partial charge in [0, 0.05) is 30.3 Å². The van der Waals surface area contributed by atoms with Crippen molar-refractivity contribution < 1.29 is 9.53 Å². The Bertz CT molecular complexity index is 1090. The first-order chi connectivity index (χ1) is 13.9. The highest BCUT2D eigenvalue weighted by Gasteiger charge is 2.24. The summed E-state index contributed by atoms with van der Waals surface area (Å²) in [5, 5.41) is 1.07. The number of benzene rings is 3. The molecule has 3 aromatic carbocycles. The normalized spacial score (nSPS) is 13.2. The molecule has 1 heterocycles. The average Bonchev–Trinajstić information content (AvgIpc) is 2.70. The van der Waals surface area contributed by atoms with E-state index in [-0.39, 0.29) is 5.91 Å². The average molecular weight is 425 g/mol. The molecule has 0 bridgehead atoms. The zero-order valence-corrected chi connectivity index (χ0v) is 17.8. The molecule has 1 amide bonds. The van der Waals surface area contributed by atoms with E-state index in [1.165, 1.54) is 0 Å². The molecular weight excluding hydrogens is 405 g/mol. The molecule has 0 atom stereocenters. The predicted octanol–water partition coefficient (Wildman–Crippen LogP) is 6.40. The topological polar surface area (TPSA) is 29.5 Å². The Hall–Kier alpha value is -2.49. The monoisotopic (exact) mass is 424 g/mol. The molecule has 0 aliphatic carbocycles. The number of halogens is 2. The molecule has 4 rings (SSSR count). The fourth-order valence-corrected chi connectivity index (χ4v) is 3.96. The summed E-state index contributed by atoms with van der Waals surface area (Å²) >= 11 is 12.3. The van der Waals surface area contributed by atoms with Gasteiger partial charge in [0.2, 0.25) is 0 Å². The maximum absolute atomic E-state index is 13.2. The van der Waals surface area contributed by atoms with E-state index < -0.39 is 0 Å². The molecule has 5 heteroatoms. The molecule has 0 aromatic heterocycles. The van der Waals surface area contributed by atoms with Gasteiger partial charge >= 0.3 is 0 Å². The van der Waals surface area contributed by atoms with E-state index in [1.807, 2.05) is 67.3 Å². The summed E-state index contributed by atoms with van der Waals surface area (Å²) in [7, 11) is 0. The van der Waals surface area contributed by atoms with Crippen molar-refractivity contribution >= 4 is 29.1 Å². The van der Waals surface area contributed by atoms with Crippen LogP contribution in [0.4, 0.5) is 0 Å². The van der Waals surface area contributed by atoms with Crippen LogP contribution in [0.15, 0.2) is 48.5 Å². The van der Waals surface area contributed by atoms with Gasteiger partial charge in [0.05, 0.1) is 10.0 Å². The molecule has 29 heavy (non-hydrogen) atoms. The van der Waals surface area contributed by atoms with Gasteiger partial charge in [0.15, 0.2) is 0 Å². The second-order valence-corrected chi connectivity index (χ2v) is 8.05. The van der Waals surface area contributed by atoms with Crippen molar-refractivity contribution in [2.24, 2.45) is 0 Å². The van der Waals surface area contributed by atoms with E-state index >= 15 is 0 Å². The van der Waals surface area contributed by atoms with Crippen LogP contribution in [0.3, 0.4) is 0 Å². The van der Waals surface area contributed by atoms with Crippen LogP contribution in [0.1, 0.15) is 32.6 Å². The van der Waals surface area contributed by atoms with Gasteiger partial charge in [-0.25, -0.2) is 0 Å². The number of carbonyl (C=O) groups is 1. The summed E-state index contributed by atoms with van der Waals surface area (Å²) in [4.78, 5) is 15.1. The van der Waals surface area contributed by atoms with Crippen molar-refractivity contribution in [1.82, 2.24) is 4.90 Å². The first kappa shape index (κ1) is 19.8. The quantitative estimate of drug-likeness (QED) is 0.486. The summed E-state index contributed by atoms with van der Waals surface area (Å²) < 4.78 is 5.99. The lowest BCUT2D eigenvalue weighted by Gasteiger charge is -2.30. The highest BCUT2D eigenvalue weighted by atomic mass is 35.5. The van der Waals surface area contributed by atoms with Crippen molar-refractivity contribution in [2.75, 3.05) is 6.54 Å². The minimum Gasteiger partial charge on any atom is -0.456 e. The first-order valence-corrected chi connectivity index (χ1v) is 10.2. The second-order valence-electron chi connectivity index (χ2n) is 7.24. The van der Waals surface area contributed by atoms with Crippen LogP contribution in [-0.2, 0) is 13.0 Å². The van der Waals surface area contributed by atoms with Crippen molar-refractivity contribution in [3.63, 3.8) is 0 Å². The number of hydrogen-bond donors (Lipinski definition) is 0. The molecule has 3 aromatic rings. The van der Waals surface area contributed by atoms with Gasteiger partial charge in [0.25, 0.3) is 5.91 Å². The first-order valence-electron chi connectivity index (χ1n) is 9.45. The molecule has 1 radical (unpaired) electrons. The SMILES string of the molecule is Cc1[c]c(Oc2cccc(C(=O)N3CCc4cc(Cl)c(Cl)cc4C3)c2C)ccc1. The van der Waals surface area contributed by atoms with Crippen LogP contribution in [0.25, 0.3) is 0 Å². The van der Waals surface area contributed by atoms with E-state index in [4.69, 9.17) is 27.9 Å². The van der Waals surface area contributed by atoms with Crippen LogP contribution in [0, 0.1) is 19.9 Å². The lowest BCUT2D eigenvalue weighted by molar-refractivity contribution is 0.0733. The largest absolute Gasteiger partial charge is 0.456 e. The van der Waals surface area contributed by atoms with Crippen molar-refractivity contribution in [1.29, 1.82) is 0 Å². The minimum absolute atomic E-state index is 0.0158. The third-order valence-electron chi connectivity index (χ3n) is 5.19. The fraction of sp³-hybridized carbons (Fsp3) is 0.208. The maximum atomic E-state index is 13.2. The van der Waals surface area contributed by atoms with Gasteiger partial charge < -0.3 is 9.64 Å². The van der Waals surface area contributed by atoms with Gasteiger partial charge in [-0.05, 0) is 67.3 Å². The van der Waals surface area contributed by atoms with Crippen LogP contribution in [-0.4, -0.2) is 17.4 Å². The molecular formula is C24H20Cl2NO2. The van der Waals surface area contributed by atoms with Gasteiger partial charge in [-0.2, -0.15) is 0 Å².